The van der Waals surface area contributed by atoms with E-state index in [9.17, 15) is 9.59 Å². The van der Waals surface area contributed by atoms with E-state index in [2.05, 4.69) is 10.6 Å². The Labute approximate surface area is 202 Å². The maximum atomic E-state index is 13.3. The van der Waals surface area contributed by atoms with Crippen LogP contribution in [-0.4, -0.2) is 81.7 Å². The molecular formula is C25H39N3O6. The van der Waals surface area contributed by atoms with E-state index in [0.29, 0.717) is 50.0 Å². The molecule has 1 aromatic rings. The number of amides is 2. The average molecular weight is 478 g/mol. The second-order valence-electron chi connectivity index (χ2n) is 9.75. The Kier molecular flexibility index (Phi) is 9.41. The molecule has 0 saturated carbocycles. The highest BCUT2D eigenvalue weighted by Gasteiger charge is 2.32. The molecule has 0 aliphatic carbocycles. The number of hydrogen-bond acceptors (Lipinski definition) is 7. The Morgan fingerprint density at radius 1 is 1.09 bits per heavy atom. The number of nitrogens with zero attached hydrogens (tertiary/aromatic N) is 1. The zero-order chi connectivity index (χ0) is 24.6. The topological polar surface area (TPSA) is 98.4 Å². The van der Waals surface area contributed by atoms with Crippen LogP contribution in [0.4, 0.5) is 4.79 Å². The van der Waals surface area contributed by atoms with Crippen molar-refractivity contribution in [3.8, 4) is 11.5 Å². The number of hydrogen-bond donors (Lipinski definition) is 2. The molecule has 34 heavy (non-hydrogen) atoms. The largest absolute Gasteiger partial charge is 0.497 e. The summed E-state index contributed by atoms with van der Waals surface area (Å²) in [6.45, 7) is 9.76. The molecule has 9 nitrogen and oxygen atoms in total. The van der Waals surface area contributed by atoms with E-state index in [1.54, 1.807) is 30.2 Å². The summed E-state index contributed by atoms with van der Waals surface area (Å²) in [5, 5.41) is 6.64. The molecule has 1 unspecified atom stereocenters. The van der Waals surface area contributed by atoms with Crippen LogP contribution in [0.2, 0.25) is 0 Å². The Balaban J connectivity index is 1.71. The first-order valence-electron chi connectivity index (χ1n) is 12.1. The SMILES string of the molecule is COc1ccc2c(c1)C(=O)NC(C1CCN(C(=O)OC(C)(C)C)CC1)CCNCCOCCO2. The molecule has 2 heterocycles. The number of carbonyl (C=O) groups excluding carboxylic acids is 2. The Bertz CT molecular complexity index is 817. The average Bonchev–Trinajstić information content (AvgIpc) is 2.80. The monoisotopic (exact) mass is 477 g/mol. The van der Waals surface area contributed by atoms with Gasteiger partial charge in [-0.25, -0.2) is 4.79 Å². The van der Waals surface area contributed by atoms with E-state index in [0.717, 1.165) is 32.4 Å². The van der Waals surface area contributed by atoms with Crippen LogP contribution in [0.3, 0.4) is 0 Å². The lowest BCUT2D eigenvalue weighted by Crippen LogP contribution is -2.48. The molecule has 0 radical (unpaired) electrons. The van der Waals surface area contributed by atoms with Crippen molar-refractivity contribution in [1.29, 1.82) is 0 Å². The van der Waals surface area contributed by atoms with Crippen molar-refractivity contribution < 1.29 is 28.5 Å². The van der Waals surface area contributed by atoms with Gasteiger partial charge in [-0.3, -0.25) is 4.79 Å². The van der Waals surface area contributed by atoms with Gasteiger partial charge >= 0.3 is 6.09 Å². The Morgan fingerprint density at radius 3 is 2.56 bits per heavy atom. The summed E-state index contributed by atoms with van der Waals surface area (Å²) in [5.74, 6) is 1.17. The summed E-state index contributed by atoms with van der Waals surface area (Å²) in [5.41, 5.74) is -0.0700. The molecule has 1 fully saturated rings. The molecule has 2 aliphatic rings. The second-order valence-corrected chi connectivity index (χ2v) is 9.75. The fourth-order valence-electron chi connectivity index (χ4n) is 4.26. The number of nitrogens with one attached hydrogen (secondary N) is 2. The number of piperidine rings is 1. The van der Waals surface area contributed by atoms with Crippen molar-refractivity contribution in [1.82, 2.24) is 15.5 Å². The lowest BCUT2D eigenvalue weighted by Gasteiger charge is -2.37. The van der Waals surface area contributed by atoms with Gasteiger partial charge in [-0.1, -0.05) is 0 Å². The van der Waals surface area contributed by atoms with E-state index in [-0.39, 0.29) is 24.0 Å². The van der Waals surface area contributed by atoms with Gasteiger partial charge in [-0.05, 0) is 70.7 Å². The number of carbonyl (C=O) groups is 2. The number of rotatable bonds is 2. The molecule has 1 aromatic carbocycles. The normalized spacial score (nSPS) is 21.5. The van der Waals surface area contributed by atoms with Gasteiger partial charge in [0.15, 0.2) is 0 Å². The molecule has 9 heteroatoms. The molecule has 2 N–H and O–H groups in total. The summed E-state index contributed by atoms with van der Waals surface area (Å²) < 4.78 is 22.3. The first kappa shape index (κ1) is 26.1. The number of fused-ring (bicyclic) bond motifs is 1. The molecule has 1 saturated heterocycles. The number of benzene rings is 1. The zero-order valence-electron chi connectivity index (χ0n) is 20.9. The van der Waals surface area contributed by atoms with Crippen LogP contribution in [0.25, 0.3) is 0 Å². The van der Waals surface area contributed by atoms with Gasteiger partial charge in [-0.15, -0.1) is 0 Å². The molecule has 0 bridgehead atoms. The first-order valence-corrected chi connectivity index (χ1v) is 12.1. The highest BCUT2D eigenvalue weighted by molar-refractivity contribution is 5.97. The van der Waals surface area contributed by atoms with E-state index >= 15 is 0 Å². The third kappa shape index (κ3) is 7.77. The third-order valence-corrected chi connectivity index (χ3v) is 6.05. The van der Waals surface area contributed by atoms with Crippen molar-refractivity contribution >= 4 is 12.0 Å². The van der Waals surface area contributed by atoms with Gasteiger partial charge in [-0.2, -0.15) is 0 Å². The Hall–Kier alpha value is -2.52. The van der Waals surface area contributed by atoms with Crippen LogP contribution in [-0.2, 0) is 9.47 Å². The van der Waals surface area contributed by atoms with E-state index in [4.69, 9.17) is 18.9 Å². The quantitative estimate of drug-likeness (QED) is 0.676. The lowest BCUT2D eigenvalue weighted by molar-refractivity contribution is 0.0166. The smallest absolute Gasteiger partial charge is 0.410 e. The fraction of sp³-hybridized carbons (Fsp3) is 0.680. The molecular weight excluding hydrogens is 438 g/mol. The van der Waals surface area contributed by atoms with Gasteiger partial charge in [0.1, 0.15) is 23.7 Å². The van der Waals surface area contributed by atoms with E-state index in [1.807, 2.05) is 20.8 Å². The molecule has 2 aliphatic heterocycles. The van der Waals surface area contributed by atoms with Crippen LogP contribution < -0.4 is 20.1 Å². The van der Waals surface area contributed by atoms with Crippen LogP contribution >= 0.6 is 0 Å². The minimum absolute atomic E-state index is 0.0382. The number of likely N-dealkylation sites (tertiary alicyclic amines) is 1. The van der Waals surface area contributed by atoms with Gasteiger partial charge in [0, 0.05) is 25.7 Å². The second kappa shape index (κ2) is 12.3. The predicted octanol–water partition coefficient (Wildman–Crippen LogP) is 2.83. The molecule has 2 amide bonds. The minimum atomic E-state index is -0.515. The maximum Gasteiger partial charge on any atom is 0.410 e. The van der Waals surface area contributed by atoms with Gasteiger partial charge < -0.3 is 34.5 Å². The number of ether oxygens (including phenoxy) is 4. The third-order valence-electron chi connectivity index (χ3n) is 6.05. The summed E-state index contributed by atoms with van der Waals surface area (Å²) in [4.78, 5) is 27.6. The highest BCUT2D eigenvalue weighted by Crippen LogP contribution is 2.27. The predicted molar refractivity (Wildman–Crippen MR) is 129 cm³/mol. The molecule has 3 rings (SSSR count). The van der Waals surface area contributed by atoms with Crippen LogP contribution in [0.5, 0.6) is 11.5 Å². The minimum Gasteiger partial charge on any atom is -0.497 e. The summed E-state index contributed by atoms with van der Waals surface area (Å²) in [7, 11) is 1.57. The fourth-order valence-corrected chi connectivity index (χ4v) is 4.26. The van der Waals surface area contributed by atoms with Crippen molar-refractivity contribution in [3.05, 3.63) is 23.8 Å². The summed E-state index contributed by atoms with van der Waals surface area (Å²) >= 11 is 0. The first-order chi connectivity index (χ1) is 16.3. The van der Waals surface area contributed by atoms with Crippen molar-refractivity contribution in [3.63, 3.8) is 0 Å². The molecule has 1 atom stereocenters. The maximum absolute atomic E-state index is 13.3. The van der Waals surface area contributed by atoms with E-state index < -0.39 is 5.60 Å². The summed E-state index contributed by atoms with van der Waals surface area (Å²) in [6.07, 6.45) is 2.10. The van der Waals surface area contributed by atoms with Gasteiger partial charge in [0.2, 0.25) is 0 Å². The zero-order valence-corrected chi connectivity index (χ0v) is 20.9. The van der Waals surface area contributed by atoms with Crippen molar-refractivity contribution in [2.24, 2.45) is 5.92 Å². The van der Waals surface area contributed by atoms with Crippen LogP contribution in [0.1, 0.15) is 50.4 Å². The highest BCUT2D eigenvalue weighted by atomic mass is 16.6. The molecule has 0 spiro atoms. The number of methoxy groups -OCH3 is 1. The van der Waals surface area contributed by atoms with Crippen LogP contribution in [0, 0.1) is 5.92 Å². The summed E-state index contributed by atoms with van der Waals surface area (Å²) in [6, 6.07) is 5.21. The van der Waals surface area contributed by atoms with Crippen LogP contribution in [0.15, 0.2) is 18.2 Å². The van der Waals surface area contributed by atoms with Crippen molar-refractivity contribution in [2.45, 2.75) is 51.7 Å². The standard InChI is InChI=1S/C25H39N3O6/c1-25(2,3)34-24(30)28-12-8-18(9-13-28)21-7-10-26-11-14-32-15-16-33-22-6-5-19(31-4)17-20(22)23(29)27-21/h5-6,17-18,21,26H,7-16H2,1-4H3,(H,27,29). The van der Waals surface area contributed by atoms with Gasteiger partial charge in [0.25, 0.3) is 5.91 Å². The Morgan fingerprint density at radius 2 is 1.85 bits per heavy atom. The van der Waals surface area contributed by atoms with E-state index in [1.165, 1.54) is 0 Å². The molecule has 190 valence electrons. The molecule has 0 aromatic heterocycles. The lowest BCUT2D eigenvalue weighted by atomic mass is 9.87. The van der Waals surface area contributed by atoms with Crippen molar-refractivity contribution in [2.75, 3.05) is 53.1 Å². The van der Waals surface area contributed by atoms with Gasteiger partial charge in [0.05, 0.1) is 25.9 Å².